The minimum Gasteiger partial charge on any atom is -0.396 e. The van der Waals surface area contributed by atoms with Crippen LogP contribution in [0.15, 0.2) is 9.98 Å². The van der Waals surface area contributed by atoms with E-state index >= 15 is 0 Å². The summed E-state index contributed by atoms with van der Waals surface area (Å²) in [5, 5.41) is 13.6. The van der Waals surface area contributed by atoms with Gasteiger partial charge in [-0.15, -0.1) is 23.5 Å². The van der Waals surface area contributed by atoms with E-state index in [9.17, 15) is 13.2 Å². The number of aliphatic imine (C=N–C) groups is 2. The van der Waals surface area contributed by atoms with E-state index in [0.29, 0.717) is 30.3 Å². The number of carbonyl (C=O) groups excluding carboxylic acids is 1. The van der Waals surface area contributed by atoms with Crippen LogP contribution in [-0.4, -0.2) is 130 Å². The lowest BCUT2D eigenvalue weighted by molar-refractivity contribution is 0.261. The molecule has 0 spiro atoms. The van der Waals surface area contributed by atoms with E-state index in [0.717, 1.165) is 57.0 Å². The average Bonchev–Trinajstić information content (AvgIpc) is 2.87. The van der Waals surface area contributed by atoms with Crippen molar-refractivity contribution in [1.29, 1.82) is 0 Å². The summed E-state index contributed by atoms with van der Waals surface area (Å²) in [5.74, 6) is 8.00. The summed E-state index contributed by atoms with van der Waals surface area (Å²) in [6, 6.07) is 0. The van der Waals surface area contributed by atoms with E-state index in [1.165, 1.54) is 17.3 Å². The first-order valence-corrected chi connectivity index (χ1v) is 22.1. The van der Waals surface area contributed by atoms with Gasteiger partial charge in [0, 0.05) is 87.3 Å². The molecule has 0 saturated heterocycles. The van der Waals surface area contributed by atoms with Crippen LogP contribution in [0.2, 0.25) is 0 Å². The molecule has 0 aromatic rings. The summed E-state index contributed by atoms with van der Waals surface area (Å²) in [7, 11) is -1.98. The monoisotopic (exact) mass is 673 g/mol. The summed E-state index contributed by atoms with van der Waals surface area (Å²) >= 11 is 11.8. The Morgan fingerprint density at radius 2 is 1.36 bits per heavy atom. The molecule has 0 fully saturated rings. The van der Waals surface area contributed by atoms with Gasteiger partial charge in [0.15, 0.2) is 0 Å². The molecule has 2 unspecified atom stereocenters. The van der Waals surface area contributed by atoms with Gasteiger partial charge in [-0.2, -0.15) is 47.0 Å². The highest BCUT2D eigenvalue weighted by molar-refractivity contribution is 8.18. The average molecular weight is 674 g/mol. The van der Waals surface area contributed by atoms with Crippen LogP contribution < -0.4 is 5.32 Å². The summed E-state index contributed by atoms with van der Waals surface area (Å²) < 4.78 is 23.4. The first kappa shape index (κ1) is 37.5. The van der Waals surface area contributed by atoms with Crippen molar-refractivity contribution < 1.29 is 18.3 Å². The van der Waals surface area contributed by atoms with Crippen LogP contribution in [0.1, 0.15) is 0 Å². The van der Waals surface area contributed by atoms with Crippen LogP contribution in [0.5, 0.6) is 0 Å². The van der Waals surface area contributed by atoms with Crippen molar-refractivity contribution in [1.82, 2.24) is 5.32 Å². The van der Waals surface area contributed by atoms with Crippen LogP contribution in [-0.2, 0) is 21.6 Å². The maximum absolute atomic E-state index is 11.9. The number of carbonyl (C=O) groups is 1. The fraction of sp³-hybridized carbons (Fsp3) is 0.850. The smallest absolute Gasteiger partial charge is 0.279 e. The second-order valence-corrected chi connectivity index (χ2v) is 17.6. The van der Waals surface area contributed by atoms with Gasteiger partial charge >= 0.3 is 0 Å². The van der Waals surface area contributed by atoms with Crippen LogP contribution in [0, 0.1) is 0 Å². The van der Waals surface area contributed by atoms with Crippen molar-refractivity contribution in [2.24, 2.45) is 9.98 Å². The number of rotatable bonds is 26. The van der Waals surface area contributed by atoms with Gasteiger partial charge in [-0.05, 0) is 6.26 Å². The SMILES string of the molecule is CSCCN=CS(=O)CCSCSCCSC(=O)NCCSCSCCN=CS(=O)CCSCCO. The summed E-state index contributed by atoms with van der Waals surface area (Å²) in [6.45, 7) is 2.23. The molecule has 2 atom stereocenters. The number of hydrogen-bond acceptors (Lipinski definition) is 13. The van der Waals surface area contributed by atoms with Gasteiger partial charge in [0.2, 0.25) is 0 Å². The zero-order valence-electron chi connectivity index (χ0n) is 20.7. The van der Waals surface area contributed by atoms with Crippen molar-refractivity contribution in [2.75, 3.05) is 100 Å². The Kier molecular flexibility index (Phi) is 32.4. The molecule has 0 rings (SSSR count). The van der Waals surface area contributed by atoms with Crippen molar-refractivity contribution in [3.05, 3.63) is 0 Å². The quantitative estimate of drug-likeness (QED) is 0.0604. The molecule has 0 aliphatic rings. The van der Waals surface area contributed by atoms with Gasteiger partial charge in [-0.1, -0.05) is 11.8 Å². The normalized spacial score (nSPS) is 13.5. The minimum absolute atomic E-state index is 0.0322. The molecule has 0 aliphatic carbocycles. The van der Waals surface area contributed by atoms with Crippen molar-refractivity contribution in [2.45, 2.75) is 0 Å². The third kappa shape index (κ3) is 30.1. The van der Waals surface area contributed by atoms with Crippen molar-refractivity contribution in [3.8, 4) is 0 Å². The van der Waals surface area contributed by atoms with E-state index in [2.05, 4.69) is 15.3 Å². The summed E-state index contributed by atoms with van der Waals surface area (Å²) in [5.41, 5.74) is 3.11. The number of nitrogens with zero attached hydrogens (tertiary/aromatic N) is 2. The van der Waals surface area contributed by atoms with Crippen LogP contribution in [0.25, 0.3) is 0 Å². The number of hydrogen-bond donors (Lipinski definition) is 2. The molecule has 7 nitrogen and oxygen atoms in total. The number of aliphatic hydroxyl groups excluding tert-OH is 1. The number of thioether (sulfide) groups is 7. The predicted molar refractivity (Wildman–Crippen MR) is 181 cm³/mol. The Labute approximate surface area is 252 Å². The fourth-order valence-corrected chi connectivity index (χ4v) is 10.0. The highest BCUT2D eigenvalue weighted by Gasteiger charge is 2.02. The maximum Gasteiger partial charge on any atom is 0.279 e. The molecule has 0 aliphatic heterocycles. The van der Waals surface area contributed by atoms with Crippen LogP contribution >= 0.6 is 82.3 Å². The standard InChI is InChI=1S/C20H39N3O4S9/c1-28-6-2-21-16-36(27)15-13-33-19-32-10-11-34-20(25)23-4-8-31-18-30-7-3-22-17-35(26)14-12-29-9-5-24/h16-17,24H,2-15,18-19H2,1H3,(H,23,25). The maximum atomic E-state index is 11.9. The molecule has 2 N–H and O–H groups in total. The molecule has 1 amide bonds. The summed E-state index contributed by atoms with van der Waals surface area (Å²) in [4.78, 5) is 20.2. The number of amides is 1. The van der Waals surface area contributed by atoms with Gasteiger partial charge in [-0.3, -0.25) is 23.2 Å². The molecule has 0 bridgehead atoms. The second kappa shape index (κ2) is 31.1. The zero-order valence-corrected chi connectivity index (χ0v) is 28.1. The van der Waals surface area contributed by atoms with Crippen LogP contribution in [0.3, 0.4) is 0 Å². The molecule has 0 saturated carbocycles. The van der Waals surface area contributed by atoms with E-state index in [4.69, 9.17) is 5.11 Å². The first-order chi connectivity index (χ1) is 17.6. The van der Waals surface area contributed by atoms with Gasteiger partial charge < -0.3 is 10.4 Å². The molecule has 212 valence electrons. The molecule has 0 aromatic carbocycles. The van der Waals surface area contributed by atoms with Gasteiger partial charge in [0.1, 0.15) is 0 Å². The molecule has 16 heteroatoms. The Hall–Kier alpha value is 1.52. The van der Waals surface area contributed by atoms with E-state index in [1.807, 2.05) is 6.26 Å². The minimum atomic E-state index is -1.02. The lowest BCUT2D eigenvalue weighted by atomic mass is 10.8. The third-order valence-electron chi connectivity index (χ3n) is 3.58. The second-order valence-electron chi connectivity index (χ2n) is 6.45. The Morgan fingerprint density at radius 1 is 0.778 bits per heavy atom. The fourth-order valence-electron chi connectivity index (χ4n) is 1.91. The first-order valence-electron chi connectivity index (χ1n) is 11.2. The molecule has 0 radical (unpaired) electrons. The molecule has 0 heterocycles. The molecule has 36 heavy (non-hydrogen) atoms. The highest BCUT2D eigenvalue weighted by atomic mass is 32.2. The number of aliphatic hydroxyl groups is 1. The highest BCUT2D eigenvalue weighted by Crippen LogP contribution is 2.15. The van der Waals surface area contributed by atoms with Crippen molar-refractivity contribution in [3.63, 3.8) is 0 Å². The zero-order chi connectivity index (χ0) is 26.5. The largest absolute Gasteiger partial charge is 0.396 e. The lowest BCUT2D eigenvalue weighted by Gasteiger charge is -2.05. The Bertz CT molecular complexity index is 631. The van der Waals surface area contributed by atoms with Crippen molar-refractivity contribution >= 4 is 120 Å². The third-order valence-corrected chi connectivity index (χ3v) is 13.3. The van der Waals surface area contributed by atoms with E-state index in [1.54, 1.807) is 76.1 Å². The Balaban J connectivity index is 3.38. The molecular formula is C20H39N3O4S9. The lowest BCUT2D eigenvalue weighted by Crippen LogP contribution is -2.22. The van der Waals surface area contributed by atoms with Gasteiger partial charge in [-0.25, -0.2) is 0 Å². The van der Waals surface area contributed by atoms with E-state index < -0.39 is 21.6 Å². The number of nitrogens with one attached hydrogen (secondary N) is 1. The van der Waals surface area contributed by atoms with Gasteiger partial charge in [0.25, 0.3) is 5.24 Å². The van der Waals surface area contributed by atoms with E-state index in [-0.39, 0.29) is 11.8 Å². The molecular weight excluding hydrogens is 635 g/mol. The topological polar surface area (TPSA) is 108 Å². The Morgan fingerprint density at radius 3 is 2.03 bits per heavy atom. The van der Waals surface area contributed by atoms with Crippen LogP contribution in [0.4, 0.5) is 4.79 Å². The summed E-state index contributed by atoms with van der Waals surface area (Å²) in [6.07, 6.45) is 2.03. The predicted octanol–water partition coefficient (Wildman–Crippen LogP) is 3.92. The molecule has 0 aromatic heterocycles. The van der Waals surface area contributed by atoms with Gasteiger partial charge in [0.05, 0.1) is 39.3 Å².